The van der Waals surface area contributed by atoms with Crippen molar-refractivity contribution in [2.24, 2.45) is 0 Å². The zero-order valence-electron chi connectivity index (χ0n) is 8.57. The summed E-state index contributed by atoms with van der Waals surface area (Å²) in [7, 11) is -5.77. The lowest BCUT2D eigenvalue weighted by Crippen LogP contribution is -2.34. The molecule has 0 aliphatic heterocycles. The summed E-state index contributed by atoms with van der Waals surface area (Å²) in [6.07, 6.45) is -2.01. The van der Waals surface area contributed by atoms with E-state index in [9.17, 15) is 26.4 Å². The average molecular weight is 264 g/mol. The second-order valence-corrected chi connectivity index (χ2v) is 4.21. The van der Waals surface area contributed by atoms with E-state index in [0.29, 0.717) is 0 Å². The zero-order valence-corrected chi connectivity index (χ0v) is 9.39. The van der Waals surface area contributed by atoms with Crippen molar-refractivity contribution in [1.29, 1.82) is 0 Å². The summed E-state index contributed by atoms with van der Waals surface area (Å²) in [6, 6.07) is 0. The minimum absolute atomic E-state index is 0.0786. The van der Waals surface area contributed by atoms with Crippen LogP contribution in [-0.4, -0.2) is 32.6 Å². The number of carbonyl (C=O) groups is 1. The van der Waals surface area contributed by atoms with Crippen molar-refractivity contribution in [2.45, 2.75) is 31.9 Å². The van der Waals surface area contributed by atoms with Gasteiger partial charge in [-0.25, -0.2) is 8.98 Å². The Bertz CT molecular complexity index is 334. The molecule has 0 amide bonds. The Hall–Kier alpha value is -0.830. The minimum Gasteiger partial charge on any atom is -0.464 e. The highest BCUT2D eigenvalue weighted by Gasteiger charge is 2.49. The van der Waals surface area contributed by atoms with E-state index in [2.05, 4.69) is 8.92 Å². The van der Waals surface area contributed by atoms with E-state index in [1.54, 1.807) is 0 Å². The van der Waals surface area contributed by atoms with Crippen LogP contribution in [0.4, 0.5) is 13.2 Å². The van der Waals surface area contributed by atoms with Gasteiger partial charge in [-0.1, -0.05) is 6.92 Å². The van der Waals surface area contributed by atoms with Crippen molar-refractivity contribution in [3.8, 4) is 0 Å². The first-order valence-corrected chi connectivity index (χ1v) is 5.72. The summed E-state index contributed by atoms with van der Waals surface area (Å²) in [5.41, 5.74) is -5.55. The van der Waals surface area contributed by atoms with Crippen molar-refractivity contribution in [1.82, 2.24) is 0 Å². The van der Waals surface area contributed by atoms with E-state index < -0.39 is 27.7 Å². The molecule has 0 unspecified atom stereocenters. The molecule has 0 aliphatic rings. The number of ether oxygens (including phenoxy) is 1. The lowest BCUT2D eigenvalue weighted by molar-refractivity contribution is -0.152. The number of carbonyl (C=O) groups excluding carboxylic acids is 1. The van der Waals surface area contributed by atoms with Crippen LogP contribution in [0.2, 0.25) is 0 Å². The lowest BCUT2D eigenvalue weighted by Gasteiger charge is -2.15. The quantitative estimate of drug-likeness (QED) is 0.424. The molecule has 0 fully saturated rings. The maximum Gasteiger partial charge on any atom is 0.523 e. The summed E-state index contributed by atoms with van der Waals surface area (Å²) < 4.78 is 65.0. The first-order chi connectivity index (χ1) is 7.15. The maximum atomic E-state index is 11.9. The van der Waals surface area contributed by atoms with E-state index in [1.165, 1.54) is 13.8 Å². The summed E-state index contributed by atoms with van der Waals surface area (Å²) in [5, 5.41) is 0. The van der Waals surface area contributed by atoms with Gasteiger partial charge in [-0.15, -0.1) is 0 Å². The van der Waals surface area contributed by atoms with Crippen LogP contribution >= 0.6 is 0 Å². The molecule has 0 aromatic rings. The first kappa shape index (κ1) is 15.2. The Morgan fingerprint density at radius 1 is 1.31 bits per heavy atom. The molecule has 0 aromatic carbocycles. The Balaban J connectivity index is 4.75. The molecular weight excluding hydrogens is 253 g/mol. The molecule has 5 nitrogen and oxygen atoms in total. The second kappa shape index (κ2) is 5.48. The van der Waals surface area contributed by atoms with Gasteiger partial charge in [0.1, 0.15) is 0 Å². The third kappa shape index (κ3) is 3.97. The van der Waals surface area contributed by atoms with Crippen LogP contribution in [0.1, 0.15) is 20.3 Å². The molecule has 0 bridgehead atoms. The van der Waals surface area contributed by atoms with Crippen LogP contribution < -0.4 is 0 Å². The predicted octanol–water partition coefficient (Wildman–Crippen LogP) is 1.19. The van der Waals surface area contributed by atoms with Gasteiger partial charge in [0, 0.05) is 0 Å². The van der Waals surface area contributed by atoms with Crippen LogP contribution in [-0.2, 0) is 23.8 Å². The molecule has 0 heterocycles. The fourth-order valence-corrected chi connectivity index (χ4v) is 1.35. The molecular formula is C7H11F3O5S. The third-order valence-corrected chi connectivity index (χ3v) is 2.50. The van der Waals surface area contributed by atoms with Crippen molar-refractivity contribution < 1.29 is 35.3 Å². The Morgan fingerprint density at radius 3 is 2.12 bits per heavy atom. The van der Waals surface area contributed by atoms with Crippen LogP contribution in [0.25, 0.3) is 0 Å². The molecule has 0 N–H and O–H groups in total. The average Bonchev–Trinajstić information content (AvgIpc) is 2.12. The Kier molecular flexibility index (Phi) is 5.20. The lowest BCUT2D eigenvalue weighted by atomic mass is 10.3. The van der Waals surface area contributed by atoms with Gasteiger partial charge >= 0.3 is 21.6 Å². The number of rotatable bonds is 5. The molecule has 0 saturated carbocycles. The fraction of sp³-hybridized carbons (Fsp3) is 0.857. The molecule has 16 heavy (non-hydrogen) atoms. The minimum atomic E-state index is -5.77. The Labute approximate surface area is 90.6 Å². The van der Waals surface area contributed by atoms with E-state index in [1.807, 2.05) is 0 Å². The van der Waals surface area contributed by atoms with Crippen LogP contribution in [0.5, 0.6) is 0 Å². The molecule has 0 spiro atoms. The van der Waals surface area contributed by atoms with Gasteiger partial charge in [-0.2, -0.15) is 21.6 Å². The third-order valence-electron chi connectivity index (χ3n) is 1.45. The van der Waals surface area contributed by atoms with E-state index in [0.717, 1.165) is 0 Å². The highest BCUT2D eigenvalue weighted by molar-refractivity contribution is 7.87. The van der Waals surface area contributed by atoms with Crippen molar-refractivity contribution in [3.63, 3.8) is 0 Å². The normalized spacial score (nSPS) is 14.6. The summed E-state index contributed by atoms with van der Waals surface area (Å²) in [5.74, 6) is -1.14. The second-order valence-electron chi connectivity index (χ2n) is 2.65. The van der Waals surface area contributed by atoms with Gasteiger partial charge in [0.25, 0.3) is 0 Å². The highest BCUT2D eigenvalue weighted by Crippen LogP contribution is 2.26. The van der Waals surface area contributed by atoms with Crippen LogP contribution in [0.15, 0.2) is 0 Å². The molecule has 1 atom stereocenters. The number of hydrogen-bond donors (Lipinski definition) is 0. The largest absolute Gasteiger partial charge is 0.523 e. The van der Waals surface area contributed by atoms with Gasteiger partial charge in [0.05, 0.1) is 6.61 Å². The molecule has 0 rings (SSSR count). The molecule has 0 aromatic heterocycles. The summed E-state index contributed by atoms with van der Waals surface area (Å²) in [6.45, 7) is 2.65. The summed E-state index contributed by atoms with van der Waals surface area (Å²) in [4.78, 5) is 11.0. The molecule has 0 radical (unpaired) electrons. The maximum absolute atomic E-state index is 11.9. The number of esters is 1. The Morgan fingerprint density at radius 2 is 1.81 bits per heavy atom. The van der Waals surface area contributed by atoms with Gasteiger partial charge in [-0.05, 0) is 13.3 Å². The zero-order chi connectivity index (χ0) is 13.0. The van der Waals surface area contributed by atoms with Crippen molar-refractivity contribution in [3.05, 3.63) is 0 Å². The highest BCUT2D eigenvalue weighted by atomic mass is 32.2. The van der Waals surface area contributed by atoms with Crippen molar-refractivity contribution in [2.75, 3.05) is 6.61 Å². The number of hydrogen-bond acceptors (Lipinski definition) is 5. The predicted molar refractivity (Wildman–Crippen MR) is 46.8 cm³/mol. The SMILES string of the molecule is CCOC(=O)[C@@H](CC)OS(=O)(=O)C(F)(F)F. The standard InChI is InChI=1S/C7H11F3O5S/c1-3-5(6(11)14-4-2)15-16(12,13)7(8,9)10/h5H,3-4H2,1-2H3/t5-/m1/s1. The molecule has 96 valence electrons. The monoisotopic (exact) mass is 264 g/mol. The fourth-order valence-electron chi connectivity index (χ4n) is 0.717. The number of alkyl halides is 3. The van der Waals surface area contributed by atoms with Gasteiger partial charge in [0.15, 0.2) is 6.10 Å². The number of halogens is 3. The van der Waals surface area contributed by atoms with E-state index >= 15 is 0 Å². The summed E-state index contributed by atoms with van der Waals surface area (Å²) >= 11 is 0. The topological polar surface area (TPSA) is 69.7 Å². The smallest absolute Gasteiger partial charge is 0.464 e. The van der Waals surface area contributed by atoms with Gasteiger partial charge < -0.3 is 4.74 Å². The van der Waals surface area contributed by atoms with E-state index in [-0.39, 0.29) is 13.0 Å². The first-order valence-electron chi connectivity index (χ1n) is 4.31. The molecule has 0 aliphatic carbocycles. The van der Waals surface area contributed by atoms with Crippen LogP contribution in [0, 0.1) is 0 Å². The van der Waals surface area contributed by atoms with Crippen LogP contribution in [0.3, 0.4) is 0 Å². The molecule has 9 heteroatoms. The molecule has 0 saturated heterocycles. The van der Waals surface area contributed by atoms with E-state index in [4.69, 9.17) is 0 Å². The van der Waals surface area contributed by atoms with Crippen molar-refractivity contribution >= 4 is 16.1 Å². The van der Waals surface area contributed by atoms with Gasteiger partial charge in [0.2, 0.25) is 0 Å². The van der Waals surface area contributed by atoms with Gasteiger partial charge in [-0.3, -0.25) is 0 Å².